The van der Waals surface area contributed by atoms with Crippen molar-refractivity contribution >= 4 is 5.97 Å². The van der Waals surface area contributed by atoms with E-state index in [2.05, 4.69) is 5.32 Å². The summed E-state index contributed by atoms with van der Waals surface area (Å²) in [6, 6.07) is 1.49. The van der Waals surface area contributed by atoms with Crippen LogP contribution in [0.15, 0.2) is 16.7 Å². The van der Waals surface area contributed by atoms with Gasteiger partial charge in [-0.15, -0.1) is 0 Å². The molecular formula is C12H17NO3. The first-order chi connectivity index (χ1) is 7.77. The highest BCUT2D eigenvalue weighted by molar-refractivity contribution is 5.88. The highest BCUT2D eigenvalue weighted by atomic mass is 16.4. The summed E-state index contributed by atoms with van der Waals surface area (Å²) in [6.07, 6.45) is 6.65. The van der Waals surface area contributed by atoms with Crippen molar-refractivity contribution in [3.05, 3.63) is 23.7 Å². The van der Waals surface area contributed by atoms with E-state index in [1.54, 1.807) is 0 Å². The molecule has 1 aliphatic carbocycles. The first-order valence-corrected chi connectivity index (χ1v) is 5.77. The molecule has 0 saturated heterocycles. The van der Waals surface area contributed by atoms with Crippen LogP contribution >= 0.6 is 0 Å². The minimum Gasteiger partial charge on any atom is -0.478 e. The third-order valence-corrected chi connectivity index (χ3v) is 2.92. The number of furan rings is 1. The SMILES string of the molecule is O=C(O)c1ccoc1CNCCCC1CC1. The normalized spacial score (nSPS) is 15.2. The van der Waals surface area contributed by atoms with Crippen molar-refractivity contribution in [3.8, 4) is 0 Å². The zero-order valence-corrected chi connectivity index (χ0v) is 9.24. The van der Waals surface area contributed by atoms with Crippen LogP contribution in [0.2, 0.25) is 0 Å². The van der Waals surface area contributed by atoms with Crippen molar-refractivity contribution in [1.29, 1.82) is 0 Å². The Hall–Kier alpha value is -1.29. The Morgan fingerprint density at radius 1 is 1.56 bits per heavy atom. The van der Waals surface area contributed by atoms with Crippen LogP contribution in [0.4, 0.5) is 0 Å². The second-order valence-corrected chi connectivity index (χ2v) is 4.32. The van der Waals surface area contributed by atoms with E-state index in [1.807, 2.05) is 0 Å². The number of carboxylic acids is 1. The quantitative estimate of drug-likeness (QED) is 0.696. The molecule has 16 heavy (non-hydrogen) atoms. The summed E-state index contributed by atoms with van der Waals surface area (Å²) in [4.78, 5) is 10.8. The Bertz CT molecular complexity index is 355. The van der Waals surface area contributed by atoms with Gasteiger partial charge in [-0.1, -0.05) is 12.8 Å². The van der Waals surface area contributed by atoms with Gasteiger partial charge >= 0.3 is 5.97 Å². The average Bonchev–Trinajstić information content (AvgIpc) is 2.94. The van der Waals surface area contributed by atoms with Gasteiger partial charge in [0.25, 0.3) is 0 Å². The smallest absolute Gasteiger partial charge is 0.339 e. The summed E-state index contributed by atoms with van der Waals surface area (Å²) in [5.74, 6) is 0.544. The molecule has 1 aliphatic rings. The summed E-state index contributed by atoms with van der Waals surface area (Å²) in [6.45, 7) is 1.43. The summed E-state index contributed by atoms with van der Waals surface area (Å²) in [7, 11) is 0. The number of carboxylic acid groups (broad SMARTS) is 1. The standard InChI is InChI=1S/C12H17NO3/c14-12(15)10-5-7-16-11(10)8-13-6-1-2-9-3-4-9/h5,7,9,13H,1-4,6,8H2,(H,14,15). The number of rotatable bonds is 7. The number of aromatic carboxylic acids is 1. The molecule has 4 heteroatoms. The van der Waals surface area contributed by atoms with Crippen LogP contribution in [-0.2, 0) is 6.54 Å². The Morgan fingerprint density at radius 2 is 2.38 bits per heavy atom. The number of hydrogen-bond donors (Lipinski definition) is 2. The van der Waals surface area contributed by atoms with Crippen molar-refractivity contribution in [1.82, 2.24) is 5.32 Å². The summed E-state index contributed by atoms with van der Waals surface area (Å²) in [5.41, 5.74) is 0.259. The van der Waals surface area contributed by atoms with Crippen molar-refractivity contribution in [2.24, 2.45) is 5.92 Å². The van der Waals surface area contributed by atoms with E-state index in [4.69, 9.17) is 9.52 Å². The molecule has 2 rings (SSSR count). The predicted molar refractivity (Wildman–Crippen MR) is 59.3 cm³/mol. The van der Waals surface area contributed by atoms with E-state index in [9.17, 15) is 4.79 Å². The minimum absolute atomic E-state index is 0.259. The summed E-state index contributed by atoms with van der Waals surface area (Å²) < 4.78 is 5.12. The molecule has 1 aromatic rings. The van der Waals surface area contributed by atoms with Crippen LogP contribution in [0.1, 0.15) is 41.8 Å². The van der Waals surface area contributed by atoms with Crippen molar-refractivity contribution < 1.29 is 14.3 Å². The zero-order chi connectivity index (χ0) is 11.4. The maximum atomic E-state index is 10.8. The van der Waals surface area contributed by atoms with Gasteiger partial charge in [0.1, 0.15) is 11.3 Å². The first-order valence-electron chi connectivity index (χ1n) is 5.77. The Kier molecular flexibility index (Phi) is 3.62. The van der Waals surface area contributed by atoms with Crippen LogP contribution in [0, 0.1) is 5.92 Å². The van der Waals surface area contributed by atoms with Gasteiger partial charge in [-0.3, -0.25) is 0 Å². The van der Waals surface area contributed by atoms with Crippen molar-refractivity contribution in [3.63, 3.8) is 0 Å². The summed E-state index contributed by atoms with van der Waals surface area (Å²) in [5, 5.41) is 12.1. The fraction of sp³-hybridized carbons (Fsp3) is 0.583. The number of carbonyl (C=O) groups is 1. The maximum absolute atomic E-state index is 10.8. The Labute approximate surface area is 94.6 Å². The van der Waals surface area contributed by atoms with Crippen LogP contribution in [-0.4, -0.2) is 17.6 Å². The monoisotopic (exact) mass is 223 g/mol. The van der Waals surface area contributed by atoms with Gasteiger partial charge in [-0.2, -0.15) is 0 Å². The lowest BCUT2D eigenvalue weighted by molar-refractivity contribution is 0.0694. The molecule has 1 saturated carbocycles. The summed E-state index contributed by atoms with van der Waals surface area (Å²) >= 11 is 0. The first kappa shape index (κ1) is 11.2. The lowest BCUT2D eigenvalue weighted by Crippen LogP contribution is -2.16. The molecule has 1 aromatic heterocycles. The molecule has 0 radical (unpaired) electrons. The molecule has 0 unspecified atom stereocenters. The number of nitrogens with one attached hydrogen (secondary N) is 1. The molecule has 2 N–H and O–H groups in total. The molecule has 1 heterocycles. The third-order valence-electron chi connectivity index (χ3n) is 2.92. The van der Waals surface area contributed by atoms with E-state index >= 15 is 0 Å². The molecule has 4 nitrogen and oxygen atoms in total. The minimum atomic E-state index is -0.927. The maximum Gasteiger partial charge on any atom is 0.339 e. The van der Waals surface area contributed by atoms with E-state index in [0.29, 0.717) is 12.3 Å². The molecule has 0 bridgehead atoms. The lowest BCUT2D eigenvalue weighted by atomic mass is 10.2. The molecule has 0 aromatic carbocycles. The highest BCUT2D eigenvalue weighted by Gasteiger charge is 2.20. The van der Waals surface area contributed by atoms with E-state index in [1.165, 1.54) is 31.6 Å². The Morgan fingerprint density at radius 3 is 3.06 bits per heavy atom. The number of hydrogen-bond acceptors (Lipinski definition) is 3. The molecule has 1 fully saturated rings. The van der Waals surface area contributed by atoms with Crippen molar-refractivity contribution in [2.45, 2.75) is 32.2 Å². The second-order valence-electron chi connectivity index (χ2n) is 4.32. The van der Waals surface area contributed by atoms with Crippen LogP contribution in [0.5, 0.6) is 0 Å². The average molecular weight is 223 g/mol. The molecule has 0 atom stereocenters. The largest absolute Gasteiger partial charge is 0.478 e. The lowest BCUT2D eigenvalue weighted by Gasteiger charge is -2.02. The van der Waals surface area contributed by atoms with Gasteiger partial charge in [0, 0.05) is 0 Å². The van der Waals surface area contributed by atoms with Gasteiger partial charge in [0.15, 0.2) is 0 Å². The highest BCUT2D eigenvalue weighted by Crippen LogP contribution is 2.33. The molecule has 0 aliphatic heterocycles. The topological polar surface area (TPSA) is 62.5 Å². The van der Waals surface area contributed by atoms with Crippen molar-refractivity contribution in [2.75, 3.05) is 6.54 Å². The van der Waals surface area contributed by atoms with Gasteiger partial charge in [-0.05, 0) is 31.4 Å². The molecule has 0 spiro atoms. The van der Waals surface area contributed by atoms with Gasteiger partial charge in [0.05, 0.1) is 12.8 Å². The van der Waals surface area contributed by atoms with E-state index in [-0.39, 0.29) is 5.56 Å². The second kappa shape index (κ2) is 5.16. The third kappa shape index (κ3) is 3.10. The zero-order valence-electron chi connectivity index (χ0n) is 9.24. The van der Waals surface area contributed by atoms with E-state index in [0.717, 1.165) is 18.9 Å². The van der Waals surface area contributed by atoms with Gasteiger partial charge < -0.3 is 14.8 Å². The molecular weight excluding hydrogens is 206 g/mol. The van der Waals surface area contributed by atoms with Gasteiger partial charge in [0.2, 0.25) is 0 Å². The van der Waals surface area contributed by atoms with Crippen LogP contribution < -0.4 is 5.32 Å². The van der Waals surface area contributed by atoms with Gasteiger partial charge in [-0.25, -0.2) is 4.79 Å². The fourth-order valence-electron chi connectivity index (χ4n) is 1.79. The van der Waals surface area contributed by atoms with Crippen LogP contribution in [0.25, 0.3) is 0 Å². The van der Waals surface area contributed by atoms with Crippen LogP contribution in [0.3, 0.4) is 0 Å². The van der Waals surface area contributed by atoms with E-state index < -0.39 is 5.97 Å². The fourth-order valence-corrected chi connectivity index (χ4v) is 1.79. The molecule has 88 valence electrons. The Balaban J connectivity index is 1.67. The predicted octanol–water partition coefficient (Wildman–Crippen LogP) is 2.26. The molecule has 0 amide bonds.